The van der Waals surface area contributed by atoms with Gasteiger partial charge in [0.05, 0.1) is 12.0 Å². The molecular formula is C12H18BrClN2O2S. The number of amides is 1. The maximum atomic E-state index is 12.1. The molecular weight excluding hydrogens is 352 g/mol. The number of halogens is 2. The predicted molar refractivity (Wildman–Crippen MR) is 83.7 cm³/mol. The van der Waals surface area contributed by atoms with Gasteiger partial charge in [-0.15, -0.1) is 23.7 Å². The number of rotatable bonds is 3. The Morgan fingerprint density at radius 1 is 1.63 bits per heavy atom. The molecule has 1 saturated heterocycles. The highest BCUT2D eigenvalue weighted by molar-refractivity contribution is 9.11. The number of carbonyl (C=O) groups is 1. The van der Waals surface area contributed by atoms with Crippen LogP contribution in [0.5, 0.6) is 5.75 Å². The molecule has 1 aliphatic heterocycles. The Bertz CT molecular complexity index is 441. The number of nitrogens with one attached hydrogen (secondary N) is 2. The summed E-state index contributed by atoms with van der Waals surface area (Å²) in [5, 5.41) is 6.43. The van der Waals surface area contributed by atoms with Crippen molar-refractivity contribution in [2.75, 3.05) is 20.2 Å². The van der Waals surface area contributed by atoms with Gasteiger partial charge in [0.1, 0.15) is 9.54 Å². The van der Waals surface area contributed by atoms with Crippen LogP contribution in [0.15, 0.2) is 9.85 Å². The first-order valence-electron chi connectivity index (χ1n) is 5.96. The van der Waals surface area contributed by atoms with Crippen molar-refractivity contribution >= 4 is 45.6 Å². The van der Waals surface area contributed by atoms with E-state index in [0.29, 0.717) is 16.5 Å². The third-order valence-corrected chi connectivity index (χ3v) is 4.98. The van der Waals surface area contributed by atoms with Gasteiger partial charge in [0.25, 0.3) is 5.91 Å². The van der Waals surface area contributed by atoms with Crippen LogP contribution in [-0.2, 0) is 0 Å². The molecule has 0 radical (unpaired) electrons. The lowest BCUT2D eigenvalue weighted by Gasteiger charge is -2.30. The van der Waals surface area contributed by atoms with Crippen LogP contribution in [0.2, 0.25) is 0 Å². The molecule has 2 N–H and O–H groups in total. The molecule has 4 nitrogen and oxygen atoms in total. The van der Waals surface area contributed by atoms with Crippen LogP contribution >= 0.6 is 39.7 Å². The molecule has 19 heavy (non-hydrogen) atoms. The monoisotopic (exact) mass is 368 g/mol. The van der Waals surface area contributed by atoms with Gasteiger partial charge in [-0.1, -0.05) is 6.92 Å². The summed E-state index contributed by atoms with van der Waals surface area (Å²) in [6, 6.07) is 2.03. The van der Waals surface area contributed by atoms with Crippen molar-refractivity contribution in [3.63, 3.8) is 0 Å². The van der Waals surface area contributed by atoms with Crippen molar-refractivity contribution in [2.24, 2.45) is 5.92 Å². The van der Waals surface area contributed by atoms with Crippen LogP contribution in [0.3, 0.4) is 0 Å². The minimum Gasteiger partial charge on any atom is -0.495 e. The molecule has 0 spiro atoms. The quantitative estimate of drug-likeness (QED) is 0.861. The third-order valence-electron chi connectivity index (χ3n) is 3.20. The minimum atomic E-state index is -0.0113. The van der Waals surface area contributed by atoms with E-state index in [1.165, 1.54) is 11.3 Å². The van der Waals surface area contributed by atoms with Gasteiger partial charge in [-0.2, -0.15) is 0 Å². The summed E-state index contributed by atoms with van der Waals surface area (Å²) in [4.78, 5) is 12.8. The second-order valence-electron chi connectivity index (χ2n) is 4.50. The van der Waals surface area contributed by atoms with Crippen molar-refractivity contribution in [3.8, 4) is 5.75 Å². The fourth-order valence-electron chi connectivity index (χ4n) is 2.07. The van der Waals surface area contributed by atoms with Crippen molar-refractivity contribution in [1.82, 2.24) is 10.6 Å². The molecule has 2 heterocycles. The fraction of sp³-hybridized carbons (Fsp3) is 0.583. The van der Waals surface area contributed by atoms with Gasteiger partial charge in [0, 0.05) is 12.1 Å². The zero-order chi connectivity index (χ0) is 13.1. The average Bonchev–Trinajstić information content (AvgIpc) is 2.73. The van der Waals surface area contributed by atoms with Crippen molar-refractivity contribution in [3.05, 3.63) is 14.7 Å². The van der Waals surface area contributed by atoms with Gasteiger partial charge < -0.3 is 15.4 Å². The van der Waals surface area contributed by atoms with E-state index in [9.17, 15) is 4.79 Å². The molecule has 1 aromatic rings. The number of methoxy groups -OCH3 is 1. The van der Waals surface area contributed by atoms with Crippen LogP contribution in [0.1, 0.15) is 23.0 Å². The van der Waals surface area contributed by atoms with E-state index in [1.807, 2.05) is 0 Å². The molecule has 0 bridgehead atoms. The summed E-state index contributed by atoms with van der Waals surface area (Å²) in [7, 11) is 1.60. The lowest BCUT2D eigenvalue weighted by Crippen LogP contribution is -2.48. The SMILES string of the molecule is COc1cc(C(=O)NC2CCNCC2C)sc1Br.Cl. The van der Waals surface area contributed by atoms with Crippen LogP contribution in [0.25, 0.3) is 0 Å². The number of hydrogen-bond donors (Lipinski definition) is 2. The van der Waals surface area contributed by atoms with E-state index < -0.39 is 0 Å². The smallest absolute Gasteiger partial charge is 0.261 e. The normalized spacial score (nSPS) is 22.5. The van der Waals surface area contributed by atoms with E-state index in [2.05, 4.69) is 33.5 Å². The predicted octanol–water partition coefficient (Wildman–Crippen LogP) is 2.67. The second kappa shape index (κ2) is 7.47. The Morgan fingerprint density at radius 2 is 2.37 bits per heavy atom. The number of ether oxygens (including phenoxy) is 1. The Hall–Kier alpha value is -0.300. The Morgan fingerprint density at radius 3 is 2.95 bits per heavy atom. The molecule has 1 amide bonds. The zero-order valence-electron chi connectivity index (χ0n) is 10.9. The molecule has 0 aliphatic carbocycles. The molecule has 2 rings (SSSR count). The van der Waals surface area contributed by atoms with E-state index >= 15 is 0 Å². The van der Waals surface area contributed by atoms with Crippen molar-refractivity contribution in [1.29, 1.82) is 0 Å². The van der Waals surface area contributed by atoms with Crippen molar-refractivity contribution in [2.45, 2.75) is 19.4 Å². The summed E-state index contributed by atoms with van der Waals surface area (Å²) in [5.74, 6) is 1.17. The molecule has 7 heteroatoms. The summed E-state index contributed by atoms with van der Waals surface area (Å²) >= 11 is 4.79. The molecule has 2 atom stereocenters. The van der Waals surface area contributed by atoms with Gasteiger partial charge in [0.2, 0.25) is 0 Å². The molecule has 2 unspecified atom stereocenters. The Kier molecular flexibility index (Phi) is 6.59. The minimum absolute atomic E-state index is 0. The second-order valence-corrected chi connectivity index (χ2v) is 6.87. The van der Waals surface area contributed by atoms with Gasteiger partial charge >= 0.3 is 0 Å². The average molecular weight is 370 g/mol. The van der Waals surface area contributed by atoms with Crippen LogP contribution in [0, 0.1) is 5.92 Å². The van der Waals surface area contributed by atoms with Gasteiger partial charge in [0.15, 0.2) is 0 Å². The fourth-order valence-corrected chi connectivity index (χ4v) is 3.62. The molecule has 1 aliphatic rings. The number of carbonyl (C=O) groups excluding carboxylic acids is 1. The lowest BCUT2D eigenvalue weighted by atomic mass is 9.95. The van der Waals surface area contributed by atoms with Crippen LogP contribution in [0.4, 0.5) is 0 Å². The summed E-state index contributed by atoms with van der Waals surface area (Å²) < 4.78 is 6.02. The molecule has 0 aromatic carbocycles. The van der Waals surface area contributed by atoms with E-state index in [0.717, 1.165) is 23.3 Å². The van der Waals surface area contributed by atoms with Gasteiger partial charge in [-0.3, -0.25) is 4.79 Å². The van der Waals surface area contributed by atoms with Crippen molar-refractivity contribution < 1.29 is 9.53 Å². The largest absolute Gasteiger partial charge is 0.495 e. The highest BCUT2D eigenvalue weighted by Crippen LogP contribution is 2.34. The van der Waals surface area contributed by atoms with E-state index in [4.69, 9.17) is 4.74 Å². The topological polar surface area (TPSA) is 50.4 Å². The summed E-state index contributed by atoms with van der Waals surface area (Å²) in [5.41, 5.74) is 0. The van der Waals surface area contributed by atoms with E-state index in [-0.39, 0.29) is 24.4 Å². The van der Waals surface area contributed by atoms with Crippen LogP contribution < -0.4 is 15.4 Å². The third kappa shape index (κ3) is 4.08. The first-order chi connectivity index (χ1) is 8.61. The standard InChI is InChI=1S/C12H17BrN2O2S.ClH/c1-7-6-14-4-3-8(7)15-12(16)10-5-9(17-2)11(13)18-10;/h5,7-8,14H,3-4,6H2,1-2H3,(H,15,16);1H. The Labute approximate surface area is 131 Å². The Balaban J connectivity index is 0.00000180. The first kappa shape index (κ1) is 16.8. The summed E-state index contributed by atoms with van der Waals surface area (Å²) in [6.07, 6.45) is 0.983. The van der Waals surface area contributed by atoms with E-state index in [1.54, 1.807) is 13.2 Å². The maximum absolute atomic E-state index is 12.1. The maximum Gasteiger partial charge on any atom is 0.261 e. The lowest BCUT2D eigenvalue weighted by molar-refractivity contribution is 0.0918. The number of hydrogen-bond acceptors (Lipinski definition) is 4. The zero-order valence-corrected chi connectivity index (χ0v) is 14.1. The van der Waals surface area contributed by atoms with Gasteiger partial charge in [-0.25, -0.2) is 0 Å². The summed E-state index contributed by atoms with van der Waals surface area (Å²) in [6.45, 7) is 4.08. The van der Waals surface area contributed by atoms with Crippen LogP contribution in [-0.4, -0.2) is 32.1 Å². The molecule has 1 fully saturated rings. The molecule has 0 saturated carbocycles. The molecule has 108 valence electrons. The molecule has 1 aromatic heterocycles. The first-order valence-corrected chi connectivity index (χ1v) is 7.57. The number of piperidine rings is 1. The highest BCUT2D eigenvalue weighted by atomic mass is 79.9. The highest BCUT2D eigenvalue weighted by Gasteiger charge is 2.24. The number of thiophene rings is 1. The van der Waals surface area contributed by atoms with Gasteiger partial charge in [-0.05, 0) is 41.4 Å².